The summed E-state index contributed by atoms with van der Waals surface area (Å²) in [5.74, 6) is -0.0558. The first kappa shape index (κ1) is 6.42. The standard InChI is InChI=1S/C6H4ClN3O/c7-4-1-2-5-8-6(11)3-10(5)9-4/h1-3,11H. The smallest absolute Gasteiger partial charge is 0.231 e. The number of aromatic nitrogens is 3. The normalized spacial score (nSPS) is 10.6. The number of hydrogen-bond acceptors (Lipinski definition) is 3. The first-order valence-electron chi connectivity index (χ1n) is 2.96. The first-order chi connectivity index (χ1) is 5.25. The van der Waals surface area contributed by atoms with Gasteiger partial charge in [0.05, 0.1) is 6.20 Å². The molecule has 2 heterocycles. The van der Waals surface area contributed by atoms with E-state index in [1.165, 1.54) is 10.7 Å². The Labute approximate surface area is 67.1 Å². The Hall–Kier alpha value is -1.29. The maximum atomic E-state index is 8.93. The van der Waals surface area contributed by atoms with Crippen molar-refractivity contribution in [1.29, 1.82) is 0 Å². The van der Waals surface area contributed by atoms with Gasteiger partial charge in [0.1, 0.15) is 5.15 Å². The summed E-state index contributed by atoms with van der Waals surface area (Å²) >= 11 is 5.59. The third-order valence-corrected chi connectivity index (χ3v) is 1.48. The zero-order valence-corrected chi connectivity index (χ0v) is 6.15. The Bertz CT molecular complexity index is 398. The molecule has 2 rings (SSSR count). The molecule has 0 saturated heterocycles. The van der Waals surface area contributed by atoms with E-state index < -0.39 is 0 Å². The molecule has 0 radical (unpaired) electrons. The topological polar surface area (TPSA) is 50.4 Å². The van der Waals surface area contributed by atoms with Crippen LogP contribution >= 0.6 is 11.6 Å². The molecule has 1 N–H and O–H groups in total. The van der Waals surface area contributed by atoms with Crippen LogP contribution in [0.3, 0.4) is 0 Å². The molecule has 0 aliphatic carbocycles. The zero-order chi connectivity index (χ0) is 7.84. The van der Waals surface area contributed by atoms with Gasteiger partial charge in [-0.15, -0.1) is 0 Å². The summed E-state index contributed by atoms with van der Waals surface area (Å²) in [6.07, 6.45) is 1.39. The van der Waals surface area contributed by atoms with Crippen LogP contribution in [0.2, 0.25) is 5.15 Å². The average Bonchev–Trinajstić information content (AvgIpc) is 2.27. The minimum Gasteiger partial charge on any atom is -0.492 e. The van der Waals surface area contributed by atoms with E-state index in [1.807, 2.05) is 0 Å². The first-order valence-corrected chi connectivity index (χ1v) is 3.34. The average molecular weight is 170 g/mol. The quantitative estimate of drug-likeness (QED) is 0.642. The molecule has 2 aromatic heterocycles. The Morgan fingerprint density at radius 2 is 2.27 bits per heavy atom. The van der Waals surface area contributed by atoms with Crippen LogP contribution in [-0.4, -0.2) is 19.7 Å². The van der Waals surface area contributed by atoms with E-state index in [0.29, 0.717) is 10.8 Å². The molecule has 0 atom stereocenters. The van der Waals surface area contributed by atoms with Gasteiger partial charge in [0.25, 0.3) is 0 Å². The lowest BCUT2D eigenvalue weighted by Crippen LogP contribution is -1.88. The van der Waals surface area contributed by atoms with Gasteiger partial charge in [0.15, 0.2) is 5.65 Å². The molecule has 0 aliphatic heterocycles. The highest BCUT2D eigenvalue weighted by atomic mass is 35.5. The van der Waals surface area contributed by atoms with Gasteiger partial charge in [0.2, 0.25) is 5.88 Å². The highest BCUT2D eigenvalue weighted by molar-refractivity contribution is 6.29. The Morgan fingerprint density at radius 1 is 1.45 bits per heavy atom. The van der Waals surface area contributed by atoms with E-state index in [1.54, 1.807) is 12.1 Å². The molecular formula is C6H4ClN3O. The molecular weight excluding hydrogens is 166 g/mol. The van der Waals surface area contributed by atoms with Gasteiger partial charge in [-0.05, 0) is 12.1 Å². The molecule has 0 aromatic carbocycles. The van der Waals surface area contributed by atoms with Crippen LogP contribution in [0.15, 0.2) is 18.3 Å². The monoisotopic (exact) mass is 169 g/mol. The third kappa shape index (κ3) is 1.01. The highest BCUT2D eigenvalue weighted by Gasteiger charge is 1.99. The molecule has 5 heteroatoms. The second-order valence-electron chi connectivity index (χ2n) is 2.06. The summed E-state index contributed by atoms with van der Waals surface area (Å²) in [5, 5.41) is 13.2. The van der Waals surface area contributed by atoms with Crippen molar-refractivity contribution in [2.45, 2.75) is 0 Å². The van der Waals surface area contributed by atoms with Crippen LogP contribution in [0.25, 0.3) is 5.65 Å². The molecule has 11 heavy (non-hydrogen) atoms. The third-order valence-electron chi connectivity index (χ3n) is 1.27. The highest BCUT2D eigenvalue weighted by Crippen LogP contribution is 2.10. The molecule has 2 aromatic rings. The predicted octanol–water partition coefficient (Wildman–Crippen LogP) is 1.09. The van der Waals surface area contributed by atoms with Gasteiger partial charge >= 0.3 is 0 Å². The van der Waals surface area contributed by atoms with Gasteiger partial charge in [-0.2, -0.15) is 10.1 Å². The number of nitrogens with zero attached hydrogens (tertiary/aromatic N) is 3. The van der Waals surface area contributed by atoms with Crippen molar-refractivity contribution in [3.8, 4) is 5.88 Å². The van der Waals surface area contributed by atoms with Crippen LogP contribution in [0, 0.1) is 0 Å². The molecule has 0 spiro atoms. The minimum atomic E-state index is -0.0558. The molecule has 0 fully saturated rings. The number of aromatic hydroxyl groups is 1. The fourth-order valence-electron chi connectivity index (χ4n) is 0.846. The van der Waals surface area contributed by atoms with Crippen LogP contribution in [0.4, 0.5) is 0 Å². The molecule has 4 nitrogen and oxygen atoms in total. The maximum absolute atomic E-state index is 8.93. The minimum absolute atomic E-state index is 0.0558. The van der Waals surface area contributed by atoms with Crippen molar-refractivity contribution in [2.75, 3.05) is 0 Å². The maximum Gasteiger partial charge on any atom is 0.231 e. The Balaban J connectivity index is 2.82. The lowest BCUT2D eigenvalue weighted by atomic mass is 10.6. The summed E-state index contributed by atoms with van der Waals surface area (Å²) in [6.45, 7) is 0. The van der Waals surface area contributed by atoms with Gasteiger partial charge in [0, 0.05) is 0 Å². The van der Waals surface area contributed by atoms with Crippen molar-refractivity contribution in [3.05, 3.63) is 23.5 Å². The summed E-state index contributed by atoms with van der Waals surface area (Å²) < 4.78 is 1.41. The van der Waals surface area contributed by atoms with E-state index in [2.05, 4.69) is 10.1 Å². The molecule has 0 unspecified atom stereocenters. The van der Waals surface area contributed by atoms with Gasteiger partial charge in [-0.25, -0.2) is 4.52 Å². The van der Waals surface area contributed by atoms with E-state index in [4.69, 9.17) is 16.7 Å². The van der Waals surface area contributed by atoms with Crippen molar-refractivity contribution >= 4 is 17.2 Å². The fourth-order valence-corrected chi connectivity index (χ4v) is 0.991. The van der Waals surface area contributed by atoms with Crippen molar-refractivity contribution < 1.29 is 5.11 Å². The molecule has 56 valence electrons. The van der Waals surface area contributed by atoms with Crippen LogP contribution in [0.1, 0.15) is 0 Å². The SMILES string of the molecule is Oc1cn2nc(Cl)ccc2n1. The summed E-state index contributed by atoms with van der Waals surface area (Å²) in [7, 11) is 0. The number of halogens is 1. The van der Waals surface area contributed by atoms with E-state index in [-0.39, 0.29) is 5.88 Å². The zero-order valence-electron chi connectivity index (χ0n) is 5.40. The Kier molecular flexibility index (Phi) is 1.22. The van der Waals surface area contributed by atoms with Crippen molar-refractivity contribution in [1.82, 2.24) is 14.6 Å². The van der Waals surface area contributed by atoms with Gasteiger partial charge in [-0.1, -0.05) is 11.6 Å². The summed E-state index contributed by atoms with van der Waals surface area (Å²) in [4.78, 5) is 3.75. The fraction of sp³-hybridized carbons (Fsp3) is 0. The Morgan fingerprint density at radius 3 is 3.09 bits per heavy atom. The van der Waals surface area contributed by atoms with E-state index in [9.17, 15) is 0 Å². The van der Waals surface area contributed by atoms with Crippen LogP contribution < -0.4 is 0 Å². The second kappa shape index (κ2) is 2.10. The van der Waals surface area contributed by atoms with Crippen LogP contribution in [0.5, 0.6) is 5.88 Å². The summed E-state index contributed by atoms with van der Waals surface area (Å²) in [6, 6.07) is 3.29. The van der Waals surface area contributed by atoms with Crippen LogP contribution in [-0.2, 0) is 0 Å². The largest absolute Gasteiger partial charge is 0.492 e. The molecule has 0 amide bonds. The molecule has 0 bridgehead atoms. The molecule has 0 aliphatic rings. The lowest BCUT2D eigenvalue weighted by molar-refractivity contribution is 0.457. The van der Waals surface area contributed by atoms with E-state index in [0.717, 1.165) is 0 Å². The predicted molar refractivity (Wildman–Crippen MR) is 39.7 cm³/mol. The van der Waals surface area contributed by atoms with Crippen molar-refractivity contribution in [3.63, 3.8) is 0 Å². The van der Waals surface area contributed by atoms with Crippen molar-refractivity contribution in [2.24, 2.45) is 0 Å². The number of hydrogen-bond donors (Lipinski definition) is 1. The summed E-state index contributed by atoms with van der Waals surface area (Å²) in [5.41, 5.74) is 0.576. The van der Waals surface area contributed by atoms with E-state index >= 15 is 0 Å². The molecule has 0 saturated carbocycles. The number of imidazole rings is 1. The lowest BCUT2D eigenvalue weighted by Gasteiger charge is -1.89. The van der Waals surface area contributed by atoms with Gasteiger partial charge in [-0.3, -0.25) is 0 Å². The van der Waals surface area contributed by atoms with Gasteiger partial charge < -0.3 is 5.11 Å². The number of fused-ring (bicyclic) bond motifs is 1. The second-order valence-corrected chi connectivity index (χ2v) is 2.45. The number of rotatable bonds is 0.